The van der Waals surface area contributed by atoms with Crippen molar-refractivity contribution in [2.45, 2.75) is 38.8 Å². The fourth-order valence-corrected chi connectivity index (χ4v) is 3.02. The van der Waals surface area contributed by atoms with E-state index in [4.69, 9.17) is 0 Å². The number of aliphatic hydroxyl groups excluding tert-OH is 1. The molecule has 0 heterocycles. The normalized spacial score (nSPS) is 21.7. The second kappa shape index (κ2) is 7.57. The number of carbonyl (C=O) groups is 1. The summed E-state index contributed by atoms with van der Waals surface area (Å²) in [6.45, 7) is 3.79. The molecule has 2 atom stereocenters. The van der Waals surface area contributed by atoms with Crippen molar-refractivity contribution in [1.82, 2.24) is 10.2 Å². The van der Waals surface area contributed by atoms with Crippen molar-refractivity contribution >= 4 is 5.91 Å². The number of aliphatic hydroxyl groups is 1. The van der Waals surface area contributed by atoms with Crippen molar-refractivity contribution in [2.24, 2.45) is 5.92 Å². The van der Waals surface area contributed by atoms with Gasteiger partial charge in [-0.3, -0.25) is 9.69 Å². The Hall–Kier alpha value is -1.39. The van der Waals surface area contributed by atoms with Crippen LogP contribution in [0.3, 0.4) is 0 Å². The summed E-state index contributed by atoms with van der Waals surface area (Å²) in [5.74, 6) is 0.353. The molecule has 1 saturated carbocycles. The van der Waals surface area contributed by atoms with Crippen LogP contribution in [0, 0.1) is 12.8 Å². The molecule has 1 amide bonds. The maximum Gasteiger partial charge on any atom is 0.234 e. The van der Waals surface area contributed by atoms with Gasteiger partial charge in [0.15, 0.2) is 0 Å². The first-order chi connectivity index (χ1) is 10.0. The van der Waals surface area contributed by atoms with Gasteiger partial charge in [0, 0.05) is 13.1 Å². The van der Waals surface area contributed by atoms with E-state index in [9.17, 15) is 9.90 Å². The molecule has 116 valence electrons. The third-order valence-corrected chi connectivity index (χ3v) is 4.15. The summed E-state index contributed by atoms with van der Waals surface area (Å²) in [6.07, 6.45) is 2.87. The second-order valence-electron chi connectivity index (χ2n) is 6.22. The van der Waals surface area contributed by atoms with Crippen molar-refractivity contribution < 1.29 is 9.90 Å². The van der Waals surface area contributed by atoms with Crippen molar-refractivity contribution in [3.8, 4) is 0 Å². The highest BCUT2D eigenvalue weighted by atomic mass is 16.3. The highest BCUT2D eigenvalue weighted by molar-refractivity contribution is 5.77. The molecule has 0 aliphatic heterocycles. The molecule has 1 aromatic carbocycles. The fourth-order valence-electron chi connectivity index (χ4n) is 3.02. The molecule has 0 bridgehead atoms. The summed E-state index contributed by atoms with van der Waals surface area (Å²) < 4.78 is 0. The maximum absolute atomic E-state index is 12.0. The van der Waals surface area contributed by atoms with Crippen molar-refractivity contribution in [2.75, 3.05) is 20.1 Å². The van der Waals surface area contributed by atoms with E-state index in [1.807, 2.05) is 37.1 Å². The number of nitrogens with one attached hydrogen (secondary N) is 1. The fraction of sp³-hybridized carbons (Fsp3) is 0.588. The number of rotatable bonds is 6. The molecular formula is C17H26N2O2. The lowest BCUT2D eigenvalue weighted by molar-refractivity contribution is -0.122. The zero-order valence-corrected chi connectivity index (χ0v) is 13.0. The van der Waals surface area contributed by atoms with Gasteiger partial charge in [0.2, 0.25) is 5.91 Å². The summed E-state index contributed by atoms with van der Waals surface area (Å²) in [4.78, 5) is 14.0. The zero-order valence-electron chi connectivity index (χ0n) is 13.0. The minimum atomic E-state index is -0.192. The van der Waals surface area contributed by atoms with Crippen LogP contribution in [-0.2, 0) is 11.3 Å². The van der Waals surface area contributed by atoms with E-state index in [1.165, 1.54) is 5.56 Å². The number of carbonyl (C=O) groups excluding carboxylic acids is 1. The van der Waals surface area contributed by atoms with Gasteiger partial charge in [-0.05, 0) is 38.3 Å². The van der Waals surface area contributed by atoms with E-state index in [2.05, 4.69) is 11.4 Å². The lowest BCUT2D eigenvalue weighted by Crippen LogP contribution is -2.38. The lowest BCUT2D eigenvalue weighted by atomic mass is 10.1. The Balaban J connectivity index is 1.71. The van der Waals surface area contributed by atoms with E-state index in [1.54, 1.807) is 0 Å². The van der Waals surface area contributed by atoms with Gasteiger partial charge in [-0.1, -0.05) is 36.2 Å². The molecule has 0 aromatic heterocycles. The third kappa shape index (κ3) is 5.14. The molecule has 2 rings (SSSR count). The van der Waals surface area contributed by atoms with Crippen molar-refractivity contribution in [1.29, 1.82) is 0 Å². The Bertz CT molecular complexity index is 476. The first-order valence-corrected chi connectivity index (χ1v) is 7.73. The van der Waals surface area contributed by atoms with Crippen LogP contribution >= 0.6 is 0 Å². The van der Waals surface area contributed by atoms with Crippen LogP contribution < -0.4 is 5.32 Å². The average Bonchev–Trinajstić information content (AvgIpc) is 2.82. The molecule has 2 unspecified atom stereocenters. The monoisotopic (exact) mass is 290 g/mol. The van der Waals surface area contributed by atoms with Crippen LogP contribution in [0.2, 0.25) is 0 Å². The number of likely N-dealkylation sites (N-methyl/N-ethyl adjacent to an activating group) is 1. The molecule has 1 aliphatic carbocycles. The molecule has 0 saturated heterocycles. The quantitative estimate of drug-likeness (QED) is 0.838. The standard InChI is InChI=1S/C17H26N2O2/c1-13-5-3-6-14(9-13)10-18-17(21)12-19(2)11-15-7-4-8-16(15)20/h3,5-6,9,15-16,20H,4,7-8,10-12H2,1-2H3,(H,18,21). The molecule has 21 heavy (non-hydrogen) atoms. The van der Waals surface area contributed by atoms with Crippen molar-refractivity contribution in [3.63, 3.8) is 0 Å². The summed E-state index contributed by atoms with van der Waals surface area (Å²) in [6, 6.07) is 8.15. The summed E-state index contributed by atoms with van der Waals surface area (Å²) in [7, 11) is 1.94. The smallest absolute Gasteiger partial charge is 0.234 e. The minimum Gasteiger partial charge on any atom is -0.393 e. The molecule has 4 nitrogen and oxygen atoms in total. The highest BCUT2D eigenvalue weighted by Crippen LogP contribution is 2.25. The van der Waals surface area contributed by atoms with Crippen molar-refractivity contribution in [3.05, 3.63) is 35.4 Å². The van der Waals surface area contributed by atoms with Gasteiger partial charge in [0.1, 0.15) is 0 Å². The SMILES string of the molecule is Cc1cccc(CNC(=O)CN(C)CC2CCCC2O)c1. The Kier molecular flexibility index (Phi) is 5.76. The molecule has 1 aromatic rings. The Labute approximate surface area is 127 Å². The second-order valence-corrected chi connectivity index (χ2v) is 6.22. The molecule has 2 N–H and O–H groups in total. The lowest BCUT2D eigenvalue weighted by Gasteiger charge is -2.22. The van der Waals surface area contributed by atoms with Crippen LogP contribution in [0.5, 0.6) is 0 Å². The summed E-state index contributed by atoms with van der Waals surface area (Å²) >= 11 is 0. The van der Waals surface area contributed by atoms with E-state index in [-0.39, 0.29) is 12.0 Å². The first-order valence-electron chi connectivity index (χ1n) is 7.73. The van der Waals surface area contributed by atoms with Crippen LogP contribution in [-0.4, -0.2) is 42.2 Å². The Morgan fingerprint density at radius 2 is 2.24 bits per heavy atom. The Morgan fingerprint density at radius 1 is 1.43 bits per heavy atom. The molecular weight excluding hydrogens is 264 g/mol. The predicted molar refractivity (Wildman–Crippen MR) is 83.9 cm³/mol. The number of amides is 1. The van der Waals surface area contributed by atoms with Gasteiger partial charge in [0.05, 0.1) is 12.6 Å². The molecule has 1 aliphatic rings. The van der Waals surface area contributed by atoms with Gasteiger partial charge in [0.25, 0.3) is 0 Å². The summed E-state index contributed by atoms with van der Waals surface area (Å²) in [5, 5.41) is 12.8. The number of hydrogen-bond acceptors (Lipinski definition) is 3. The van der Waals surface area contributed by atoms with E-state index in [0.717, 1.165) is 31.4 Å². The number of hydrogen-bond donors (Lipinski definition) is 2. The van der Waals surface area contributed by atoms with E-state index >= 15 is 0 Å². The predicted octanol–water partition coefficient (Wildman–Crippen LogP) is 1.70. The van der Waals surface area contributed by atoms with Gasteiger partial charge in [-0.15, -0.1) is 0 Å². The van der Waals surface area contributed by atoms with Crippen LogP contribution in [0.15, 0.2) is 24.3 Å². The van der Waals surface area contributed by atoms with E-state index in [0.29, 0.717) is 19.0 Å². The summed E-state index contributed by atoms with van der Waals surface area (Å²) in [5.41, 5.74) is 2.33. The number of nitrogens with zero attached hydrogens (tertiary/aromatic N) is 1. The van der Waals surface area contributed by atoms with Gasteiger partial charge in [-0.2, -0.15) is 0 Å². The average molecular weight is 290 g/mol. The van der Waals surface area contributed by atoms with Crippen LogP contribution in [0.25, 0.3) is 0 Å². The molecule has 4 heteroatoms. The largest absolute Gasteiger partial charge is 0.393 e. The minimum absolute atomic E-state index is 0.0338. The number of aryl methyl sites for hydroxylation is 1. The van der Waals surface area contributed by atoms with E-state index < -0.39 is 0 Å². The topological polar surface area (TPSA) is 52.6 Å². The molecule has 0 radical (unpaired) electrons. The molecule has 1 fully saturated rings. The maximum atomic E-state index is 12.0. The van der Waals surface area contributed by atoms with Crippen LogP contribution in [0.4, 0.5) is 0 Å². The van der Waals surface area contributed by atoms with Crippen LogP contribution in [0.1, 0.15) is 30.4 Å². The number of benzene rings is 1. The highest BCUT2D eigenvalue weighted by Gasteiger charge is 2.26. The third-order valence-electron chi connectivity index (χ3n) is 4.15. The van der Waals surface area contributed by atoms with Gasteiger partial charge < -0.3 is 10.4 Å². The Morgan fingerprint density at radius 3 is 2.90 bits per heavy atom. The zero-order chi connectivity index (χ0) is 15.2. The van der Waals surface area contributed by atoms with Gasteiger partial charge >= 0.3 is 0 Å². The van der Waals surface area contributed by atoms with Gasteiger partial charge in [-0.25, -0.2) is 0 Å². The molecule has 0 spiro atoms. The first kappa shape index (κ1) is 16.0.